The number of aromatic nitrogens is 1. The molecule has 1 saturated heterocycles. The zero-order valence-electron chi connectivity index (χ0n) is 19.0. The highest BCUT2D eigenvalue weighted by molar-refractivity contribution is 5.86. The summed E-state index contributed by atoms with van der Waals surface area (Å²) in [6.45, 7) is 8.34. The highest BCUT2D eigenvalue weighted by Crippen LogP contribution is 2.29. The molecule has 1 aliphatic heterocycles. The third-order valence-electron chi connectivity index (χ3n) is 6.49. The van der Waals surface area contributed by atoms with Crippen molar-refractivity contribution in [2.75, 3.05) is 37.6 Å². The number of benzene rings is 2. The number of carbonyl (C=O) groups excluding carboxylic acids is 1. The summed E-state index contributed by atoms with van der Waals surface area (Å²) >= 11 is 0. The van der Waals surface area contributed by atoms with E-state index in [9.17, 15) is 9.18 Å². The first-order valence-corrected chi connectivity index (χ1v) is 11.7. The number of H-pyrrole nitrogens is 1. The summed E-state index contributed by atoms with van der Waals surface area (Å²) in [5, 5.41) is 4.46. The highest BCUT2D eigenvalue weighted by Gasteiger charge is 2.20. The lowest BCUT2D eigenvalue weighted by atomic mass is 10.0. The summed E-state index contributed by atoms with van der Waals surface area (Å²) in [6.07, 6.45) is 2.70. The lowest BCUT2D eigenvalue weighted by Crippen LogP contribution is -2.43. The molecule has 2 heterocycles. The van der Waals surface area contributed by atoms with Crippen LogP contribution in [0.2, 0.25) is 0 Å². The van der Waals surface area contributed by atoms with E-state index in [1.807, 2.05) is 24.8 Å². The first-order chi connectivity index (χ1) is 15.6. The Morgan fingerprint density at radius 1 is 1.12 bits per heavy atom. The summed E-state index contributed by atoms with van der Waals surface area (Å²) in [7, 11) is 0. The number of amides is 1. The molecule has 0 bridgehead atoms. The number of hydrogen-bond acceptors (Lipinski definition) is 3. The Morgan fingerprint density at radius 3 is 2.66 bits per heavy atom. The van der Waals surface area contributed by atoms with Crippen LogP contribution >= 0.6 is 0 Å². The van der Waals surface area contributed by atoms with Gasteiger partial charge in [-0.15, -0.1) is 0 Å². The Bertz CT molecular complexity index is 1050. The van der Waals surface area contributed by atoms with Gasteiger partial charge in [-0.2, -0.15) is 0 Å². The van der Waals surface area contributed by atoms with Gasteiger partial charge in [-0.25, -0.2) is 4.39 Å². The Balaban J connectivity index is 1.32. The zero-order valence-corrected chi connectivity index (χ0v) is 19.0. The minimum atomic E-state index is -0.217. The second kappa shape index (κ2) is 10.2. The van der Waals surface area contributed by atoms with Crippen molar-refractivity contribution >= 4 is 22.5 Å². The topological polar surface area (TPSA) is 51.4 Å². The maximum absolute atomic E-state index is 13.5. The minimum Gasteiger partial charge on any atom is -0.371 e. The molecule has 0 spiro atoms. The van der Waals surface area contributed by atoms with Crippen LogP contribution in [-0.2, 0) is 4.79 Å². The molecule has 0 saturated carbocycles. The van der Waals surface area contributed by atoms with Crippen LogP contribution < -0.4 is 10.2 Å². The lowest BCUT2D eigenvalue weighted by molar-refractivity contribution is -0.130. The van der Waals surface area contributed by atoms with Gasteiger partial charge in [0.2, 0.25) is 5.91 Å². The number of aromatic amines is 1. The molecular formula is C26H33FN4O. The molecule has 5 nitrogen and oxygen atoms in total. The van der Waals surface area contributed by atoms with E-state index >= 15 is 0 Å². The average Bonchev–Trinajstić information content (AvgIpc) is 3.24. The van der Waals surface area contributed by atoms with E-state index < -0.39 is 0 Å². The van der Waals surface area contributed by atoms with E-state index in [2.05, 4.69) is 39.5 Å². The summed E-state index contributed by atoms with van der Waals surface area (Å²) in [4.78, 5) is 19.9. The van der Waals surface area contributed by atoms with Crippen LogP contribution in [-0.4, -0.2) is 54.6 Å². The number of fused-ring (bicyclic) bond motifs is 1. The van der Waals surface area contributed by atoms with Gasteiger partial charge in [0, 0.05) is 67.5 Å². The van der Waals surface area contributed by atoms with Crippen molar-refractivity contribution in [1.82, 2.24) is 15.2 Å². The molecule has 0 unspecified atom stereocenters. The van der Waals surface area contributed by atoms with Crippen LogP contribution in [0.4, 0.5) is 10.1 Å². The number of piperidine rings is 1. The fourth-order valence-corrected chi connectivity index (χ4v) is 4.59. The van der Waals surface area contributed by atoms with Gasteiger partial charge in [0.25, 0.3) is 0 Å². The molecule has 32 heavy (non-hydrogen) atoms. The van der Waals surface area contributed by atoms with Gasteiger partial charge >= 0.3 is 0 Å². The molecular weight excluding hydrogens is 403 g/mol. The van der Waals surface area contributed by atoms with Gasteiger partial charge in [0.05, 0.1) is 0 Å². The first-order valence-electron chi connectivity index (χ1n) is 11.7. The van der Waals surface area contributed by atoms with Crippen LogP contribution in [0.1, 0.15) is 33.1 Å². The van der Waals surface area contributed by atoms with Crippen LogP contribution in [0.15, 0.2) is 48.5 Å². The van der Waals surface area contributed by atoms with E-state index in [-0.39, 0.29) is 11.7 Å². The molecule has 170 valence electrons. The van der Waals surface area contributed by atoms with E-state index in [4.69, 9.17) is 0 Å². The van der Waals surface area contributed by atoms with Crippen LogP contribution in [0.5, 0.6) is 0 Å². The molecule has 2 N–H and O–H groups in total. The maximum atomic E-state index is 13.5. The maximum Gasteiger partial charge on any atom is 0.223 e. The molecule has 2 aromatic carbocycles. The summed E-state index contributed by atoms with van der Waals surface area (Å²) in [5.74, 6) is 0.0159. The second-order valence-electron chi connectivity index (χ2n) is 8.50. The summed E-state index contributed by atoms with van der Waals surface area (Å²) in [5.41, 5.74) is 4.26. The average molecular weight is 437 g/mol. The van der Waals surface area contributed by atoms with Crippen molar-refractivity contribution in [3.05, 3.63) is 54.3 Å². The number of nitrogens with zero attached hydrogens (tertiary/aromatic N) is 2. The SMILES string of the molecule is CCN(CC)C(=O)CCNC1CCN(c2cccc(-c3cc4cc(F)ccc4[nH]3)c2)CC1. The van der Waals surface area contributed by atoms with Crippen molar-refractivity contribution < 1.29 is 9.18 Å². The molecule has 1 fully saturated rings. The first kappa shape index (κ1) is 22.3. The number of hydrogen-bond donors (Lipinski definition) is 2. The van der Waals surface area contributed by atoms with Gasteiger partial charge in [0.15, 0.2) is 0 Å². The molecule has 1 aliphatic rings. The van der Waals surface area contributed by atoms with E-state index in [0.717, 1.165) is 67.7 Å². The monoisotopic (exact) mass is 436 g/mol. The predicted molar refractivity (Wildman–Crippen MR) is 129 cm³/mol. The standard InChI is InChI=1S/C26H33FN4O/c1-3-30(4-2)26(32)10-13-28-22-11-14-31(15-12-22)23-7-5-6-19(17-23)25-18-20-16-21(27)8-9-24(20)29-25/h5-9,16-18,22,28-29H,3-4,10-15H2,1-2H3. The van der Waals surface area contributed by atoms with Crippen LogP contribution in [0, 0.1) is 5.82 Å². The predicted octanol–water partition coefficient (Wildman–Crippen LogP) is 4.79. The van der Waals surface area contributed by atoms with E-state index in [0.29, 0.717) is 12.5 Å². The summed E-state index contributed by atoms with van der Waals surface area (Å²) < 4.78 is 13.5. The normalized spacial score (nSPS) is 14.8. The Morgan fingerprint density at radius 2 is 1.91 bits per heavy atom. The number of anilines is 1. The number of halogens is 1. The minimum absolute atomic E-state index is 0.217. The second-order valence-corrected chi connectivity index (χ2v) is 8.50. The smallest absolute Gasteiger partial charge is 0.223 e. The molecule has 0 atom stereocenters. The van der Waals surface area contributed by atoms with Gasteiger partial charge in [-0.05, 0) is 68.7 Å². The van der Waals surface area contributed by atoms with Crippen molar-refractivity contribution in [1.29, 1.82) is 0 Å². The van der Waals surface area contributed by atoms with Crippen molar-refractivity contribution in [2.24, 2.45) is 0 Å². The quantitative estimate of drug-likeness (QED) is 0.534. The third-order valence-corrected chi connectivity index (χ3v) is 6.49. The van der Waals surface area contributed by atoms with Crippen LogP contribution in [0.25, 0.3) is 22.2 Å². The van der Waals surface area contributed by atoms with Gasteiger partial charge in [-0.1, -0.05) is 12.1 Å². The Hall–Kier alpha value is -2.86. The van der Waals surface area contributed by atoms with Crippen molar-refractivity contribution in [3.8, 4) is 11.3 Å². The molecule has 4 rings (SSSR count). The van der Waals surface area contributed by atoms with Crippen molar-refractivity contribution in [2.45, 2.75) is 39.2 Å². The Kier molecular flexibility index (Phi) is 7.10. The lowest BCUT2D eigenvalue weighted by Gasteiger charge is -2.34. The molecule has 1 amide bonds. The molecule has 1 aromatic heterocycles. The van der Waals surface area contributed by atoms with E-state index in [1.165, 1.54) is 11.8 Å². The number of carbonyl (C=O) groups is 1. The van der Waals surface area contributed by atoms with Gasteiger partial charge in [-0.3, -0.25) is 4.79 Å². The number of nitrogens with one attached hydrogen (secondary N) is 2. The number of rotatable bonds is 8. The Labute approximate surface area is 189 Å². The van der Waals surface area contributed by atoms with Gasteiger partial charge < -0.3 is 20.1 Å². The van der Waals surface area contributed by atoms with Crippen molar-refractivity contribution in [3.63, 3.8) is 0 Å². The summed E-state index contributed by atoms with van der Waals surface area (Å²) in [6, 6.07) is 15.8. The van der Waals surface area contributed by atoms with E-state index in [1.54, 1.807) is 12.1 Å². The van der Waals surface area contributed by atoms with Gasteiger partial charge in [0.1, 0.15) is 5.82 Å². The molecule has 3 aromatic rings. The highest BCUT2D eigenvalue weighted by atomic mass is 19.1. The largest absolute Gasteiger partial charge is 0.371 e. The zero-order chi connectivity index (χ0) is 22.5. The van der Waals surface area contributed by atoms with Crippen LogP contribution in [0.3, 0.4) is 0 Å². The third kappa shape index (κ3) is 5.13. The molecule has 6 heteroatoms. The molecule has 0 radical (unpaired) electrons. The fraction of sp³-hybridized carbons (Fsp3) is 0.423. The molecule has 0 aliphatic carbocycles. The fourth-order valence-electron chi connectivity index (χ4n) is 4.59.